The van der Waals surface area contributed by atoms with E-state index < -0.39 is 6.61 Å². The van der Waals surface area contributed by atoms with Gasteiger partial charge in [-0.3, -0.25) is 0 Å². The van der Waals surface area contributed by atoms with Crippen LogP contribution >= 0.6 is 0 Å². The number of ether oxygens (including phenoxy) is 2. The summed E-state index contributed by atoms with van der Waals surface area (Å²) in [5.41, 5.74) is 1.04. The highest BCUT2D eigenvalue weighted by Gasteiger charge is 2.12. The molecule has 0 radical (unpaired) electrons. The summed E-state index contributed by atoms with van der Waals surface area (Å²) in [5, 5.41) is 3.32. The molecule has 1 aromatic rings. The van der Waals surface area contributed by atoms with E-state index in [1.165, 1.54) is 6.42 Å². The molecule has 0 amide bonds. The van der Waals surface area contributed by atoms with Crippen LogP contribution in [0.4, 0.5) is 8.78 Å². The first-order valence-electron chi connectivity index (χ1n) is 6.60. The number of alkyl halides is 2. The van der Waals surface area contributed by atoms with Crippen LogP contribution in [-0.2, 0) is 11.3 Å². The highest BCUT2D eigenvalue weighted by Crippen LogP contribution is 2.15. The number of hydrogen-bond donors (Lipinski definition) is 1. The van der Waals surface area contributed by atoms with Crippen molar-refractivity contribution >= 4 is 0 Å². The van der Waals surface area contributed by atoms with Gasteiger partial charge in [0.1, 0.15) is 5.75 Å². The van der Waals surface area contributed by atoms with Crippen molar-refractivity contribution < 1.29 is 18.3 Å². The van der Waals surface area contributed by atoms with E-state index in [4.69, 9.17) is 4.74 Å². The molecule has 1 aliphatic heterocycles. The number of rotatable bonds is 6. The van der Waals surface area contributed by atoms with Gasteiger partial charge in [0.05, 0.1) is 6.10 Å². The number of hydrogen-bond acceptors (Lipinski definition) is 3. The molecule has 1 aromatic carbocycles. The Hall–Kier alpha value is -1.20. The second-order valence-corrected chi connectivity index (χ2v) is 4.64. The lowest BCUT2D eigenvalue weighted by Gasteiger charge is -2.22. The van der Waals surface area contributed by atoms with Gasteiger partial charge in [-0.2, -0.15) is 8.78 Å². The summed E-state index contributed by atoms with van der Waals surface area (Å²) in [6, 6.07) is 6.68. The molecule has 1 heterocycles. The first kappa shape index (κ1) is 14.2. The maximum Gasteiger partial charge on any atom is 0.387 e. The standard InChI is InChI=1S/C14H19F2NO2/c15-14(16)19-12-6-4-11(5-7-12)9-17-10-13-3-1-2-8-18-13/h4-7,13-14,17H,1-3,8-10H2. The van der Waals surface area contributed by atoms with Crippen molar-refractivity contribution in [3.8, 4) is 5.75 Å². The largest absolute Gasteiger partial charge is 0.435 e. The second kappa shape index (κ2) is 7.40. The van der Waals surface area contributed by atoms with E-state index >= 15 is 0 Å². The monoisotopic (exact) mass is 271 g/mol. The van der Waals surface area contributed by atoms with Gasteiger partial charge in [-0.05, 0) is 37.0 Å². The molecule has 1 atom stereocenters. The van der Waals surface area contributed by atoms with Crippen LogP contribution < -0.4 is 10.1 Å². The topological polar surface area (TPSA) is 30.5 Å². The van der Waals surface area contributed by atoms with Gasteiger partial charge in [0.25, 0.3) is 0 Å². The van der Waals surface area contributed by atoms with Crippen molar-refractivity contribution in [2.45, 2.75) is 38.5 Å². The Balaban J connectivity index is 1.70. The molecule has 0 aromatic heterocycles. The van der Waals surface area contributed by atoms with Gasteiger partial charge in [0, 0.05) is 19.7 Å². The zero-order chi connectivity index (χ0) is 13.5. The Bertz CT molecular complexity index is 364. The third kappa shape index (κ3) is 5.12. The highest BCUT2D eigenvalue weighted by atomic mass is 19.3. The van der Waals surface area contributed by atoms with Gasteiger partial charge in [-0.15, -0.1) is 0 Å². The average Bonchev–Trinajstić information content (AvgIpc) is 2.41. The first-order chi connectivity index (χ1) is 9.24. The quantitative estimate of drug-likeness (QED) is 0.863. The average molecular weight is 271 g/mol. The molecule has 3 nitrogen and oxygen atoms in total. The molecule has 19 heavy (non-hydrogen) atoms. The van der Waals surface area contributed by atoms with Crippen LogP contribution in [0.1, 0.15) is 24.8 Å². The van der Waals surface area contributed by atoms with E-state index in [9.17, 15) is 8.78 Å². The predicted octanol–water partition coefficient (Wildman–Crippen LogP) is 2.95. The first-order valence-corrected chi connectivity index (χ1v) is 6.60. The predicted molar refractivity (Wildman–Crippen MR) is 68.4 cm³/mol. The molecular formula is C14H19F2NO2. The molecule has 0 saturated carbocycles. The molecule has 0 spiro atoms. The molecule has 1 saturated heterocycles. The summed E-state index contributed by atoms with van der Waals surface area (Å²) in [6.07, 6.45) is 3.79. The molecule has 2 rings (SSSR count). The van der Waals surface area contributed by atoms with Gasteiger partial charge in [-0.1, -0.05) is 12.1 Å². The summed E-state index contributed by atoms with van der Waals surface area (Å²) >= 11 is 0. The fourth-order valence-corrected chi connectivity index (χ4v) is 2.13. The fourth-order valence-electron chi connectivity index (χ4n) is 2.13. The molecule has 0 bridgehead atoms. The lowest BCUT2D eigenvalue weighted by Crippen LogP contribution is -2.31. The highest BCUT2D eigenvalue weighted by molar-refractivity contribution is 5.27. The SMILES string of the molecule is FC(F)Oc1ccc(CNCC2CCCCO2)cc1. The summed E-state index contributed by atoms with van der Waals surface area (Å²) in [6.45, 7) is -0.386. The Kier molecular flexibility index (Phi) is 5.54. The molecule has 1 aliphatic rings. The van der Waals surface area contributed by atoms with Crippen LogP contribution in [0.3, 0.4) is 0 Å². The zero-order valence-electron chi connectivity index (χ0n) is 10.8. The van der Waals surface area contributed by atoms with E-state index in [-0.39, 0.29) is 5.75 Å². The van der Waals surface area contributed by atoms with Crippen molar-refractivity contribution in [2.75, 3.05) is 13.2 Å². The minimum Gasteiger partial charge on any atom is -0.435 e. The Morgan fingerprint density at radius 1 is 1.26 bits per heavy atom. The van der Waals surface area contributed by atoms with Gasteiger partial charge < -0.3 is 14.8 Å². The fraction of sp³-hybridized carbons (Fsp3) is 0.571. The van der Waals surface area contributed by atoms with Crippen LogP contribution in [0, 0.1) is 0 Å². The molecule has 0 aliphatic carbocycles. The van der Waals surface area contributed by atoms with E-state index in [0.29, 0.717) is 12.6 Å². The molecule has 1 unspecified atom stereocenters. The van der Waals surface area contributed by atoms with Gasteiger partial charge >= 0.3 is 6.61 Å². The van der Waals surface area contributed by atoms with Crippen LogP contribution in [0.25, 0.3) is 0 Å². The normalized spacial score (nSPS) is 19.6. The summed E-state index contributed by atoms with van der Waals surface area (Å²) in [5.74, 6) is 0.189. The maximum atomic E-state index is 12.0. The summed E-state index contributed by atoms with van der Waals surface area (Å²) in [4.78, 5) is 0. The lowest BCUT2D eigenvalue weighted by molar-refractivity contribution is -0.0498. The third-order valence-electron chi connectivity index (χ3n) is 3.12. The van der Waals surface area contributed by atoms with Crippen LogP contribution in [0.5, 0.6) is 5.75 Å². The molecule has 5 heteroatoms. The van der Waals surface area contributed by atoms with Crippen molar-refractivity contribution in [3.63, 3.8) is 0 Å². The number of benzene rings is 1. The second-order valence-electron chi connectivity index (χ2n) is 4.64. The van der Waals surface area contributed by atoms with Crippen LogP contribution in [0.15, 0.2) is 24.3 Å². The maximum absolute atomic E-state index is 12.0. The Labute approximate surface area is 111 Å². The Morgan fingerprint density at radius 3 is 2.68 bits per heavy atom. The van der Waals surface area contributed by atoms with Gasteiger partial charge in [0.15, 0.2) is 0 Å². The molecule has 1 fully saturated rings. The van der Waals surface area contributed by atoms with E-state index in [2.05, 4.69) is 10.1 Å². The smallest absolute Gasteiger partial charge is 0.387 e. The minimum atomic E-state index is -2.77. The Morgan fingerprint density at radius 2 is 2.05 bits per heavy atom. The molecular weight excluding hydrogens is 252 g/mol. The van der Waals surface area contributed by atoms with Crippen LogP contribution in [0.2, 0.25) is 0 Å². The van der Waals surface area contributed by atoms with Crippen molar-refractivity contribution in [3.05, 3.63) is 29.8 Å². The molecule has 1 N–H and O–H groups in total. The van der Waals surface area contributed by atoms with Crippen molar-refractivity contribution in [1.29, 1.82) is 0 Å². The van der Waals surface area contributed by atoms with E-state index in [1.807, 2.05) is 0 Å². The third-order valence-corrected chi connectivity index (χ3v) is 3.12. The summed E-state index contributed by atoms with van der Waals surface area (Å²) < 4.78 is 33.9. The van der Waals surface area contributed by atoms with Crippen LogP contribution in [-0.4, -0.2) is 25.9 Å². The summed E-state index contributed by atoms with van der Waals surface area (Å²) in [7, 11) is 0. The number of halogens is 2. The van der Waals surface area contributed by atoms with Gasteiger partial charge in [0.2, 0.25) is 0 Å². The zero-order valence-corrected chi connectivity index (χ0v) is 10.8. The van der Waals surface area contributed by atoms with Crippen molar-refractivity contribution in [2.24, 2.45) is 0 Å². The van der Waals surface area contributed by atoms with Gasteiger partial charge in [-0.25, -0.2) is 0 Å². The lowest BCUT2D eigenvalue weighted by atomic mass is 10.1. The minimum absolute atomic E-state index is 0.189. The van der Waals surface area contributed by atoms with E-state index in [1.54, 1.807) is 24.3 Å². The van der Waals surface area contributed by atoms with E-state index in [0.717, 1.165) is 31.6 Å². The molecule has 106 valence electrons. The van der Waals surface area contributed by atoms with Crippen molar-refractivity contribution in [1.82, 2.24) is 5.32 Å². The number of nitrogens with one attached hydrogen (secondary N) is 1.